The number of benzene rings is 1. The zero-order valence-corrected chi connectivity index (χ0v) is 22.8. The second-order valence-corrected chi connectivity index (χ2v) is 10.6. The molecule has 0 spiro atoms. The summed E-state index contributed by atoms with van der Waals surface area (Å²) in [7, 11) is 1.94. The van der Waals surface area contributed by atoms with E-state index in [9.17, 15) is 9.90 Å². The predicted molar refractivity (Wildman–Crippen MR) is 142 cm³/mol. The fourth-order valence-electron chi connectivity index (χ4n) is 3.70. The van der Waals surface area contributed by atoms with Gasteiger partial charge >= 0.3 is 6.09 Å². The number of carbonyl (C=O) groups is 1. The van der Waals surface area contributed by atoms with Crippen LogP contribution < -0.4 is 4.90 Å². The van der Waals surface area contributed by atoms with Crippen molar-refractivity contribution in [1.82, 2.24) is 24.1 Å². The highest BCUT2D eigenvalue weighted by Crippen LogP contribution is 2.28. The molecule has 0 aliphatic heterocycles. The SMILES string of the molecule is Cc1nn2c(N(Cc3cccc(-c4nccn4C)c3)C(=O)OC(C)(C)C)cc(C(C)O)nc2c1I. The van der Waals surface area contributed by atoms with E-state index in [1.165, 1.54) is 4.90 Å². The monoisotopic (exact) mass is 588 g/mol. The molecule has 3 aromatic heterocycles. The van der Waals surface area contributed by atoms with Crippen LogP contribution in [0.1, 0.15) is 50.8 Å². The lowest BCUT2D eigenvalue weighted by atomic mass is 10.1. The number of fused-ring (bicyclic) bond motifs is 1. The minimum absolute atomic E-state index is 0.223. The number of aliphatic hydroxyl groups is 1. The maximum atomic E-state index is 13.5. The predicted octanol–water partition coefficient (Wildman–Crippen LogP) is 5.04. The number of carbonyl (C=O) groups excluding carboxylic acids is 1. The Kier molecular flexibility index (Phi) is 6.87. The molecule has 10 heteroatoms. The minimum atomic E-state index is -0.822. The number of hydrogen-bond donors (Lipinski definition) is 1. The number of imidazole rings is 1. The Hall–Kier alpha value is -2.99. The summed E-state index contributed by atoms with van der Waals surface area (Å²) in [6, 6.07) is 9.57. The van der Waals surface area contributed by atoms with E-state index in [2.05, 4.69) is 37.7 Å². The lowest BCUT2D eigenvalue weighted by molar-refractivity contribution is 0.0575. The molecule has 4 aromatic rings. The van der Waals surface area contributed by atoms with Crippen molar-refractivity contribution >= 4 is 40.1 Å². The first-order valence-electron chi connectivity index (χ1n) is 11.3. The van der Waals surface area contributed by atoms with Crippen LogP contribution in [0, 0.1) is 10.5 Å². The van der Waals surface area contributed by atoms with Gasteiger partial charge in [-0.25, -0.2) is 14.8 Å². The number of anilines is 1. The standard InChI is InChI=1S/C25H29IN6O3/c1-15-21(26)23-28-19(16(2)33)13-20(32(23)29-15)31(24(34)35-25(3,4)5)14-17-8-7-9-18(12-17)22-27-10-11-30(22)6/h7-13,16,33H,14H2,1-6H3. The summed E-state index contributed by atoms with van der Waals surface area (Å²) in [5, 5.41) is 15.0. The second-order valence-electron chi connectivity index (χ2n) is 9.48. The first kappa shape index (κ1) is 25.1. The Bertz CT molecular complexity index is 1390. The maximum absolute atomic E-state index is 13.5. The molecule has 0 saturated carbocycles. The van der Waals surface area contributed by atoms with Crippen LogP contribution in [-0.4, -0.2) is 40.9 Å². The molecule has 1 atom stereocenters. The molecule has 9 nitrogen and oxygen atoms in total. The molecular weight excluding hydrogens is 559 g/mol. The molecule has 3 heterocycles. The van der Waals surface area contributed by atoms with E-state index in [1.807, 2.05) is 69.8 Å². The zero-order valence-electron chi connectivity index (χ0n) is 20.7. The smallest absolute Gasteiger partial charge is 0.416 e. The molecular formula is C25H29IN6O3. The van der Waals surface area contributed by atoms with Crippen LogP contribution in [0.4, 0.5) is 10.6 Å². The summed E-state index contributed by atoms with van der Waals surface area (Å²) in [5.41, 5.74) is 2.93. The van der Waals surface area contributed by atoms with Crippen molar-refractivity contribution in [2.24, 2.45) is 7.05 Å². The molecule has 0 aliphatic rings. The van der Waals surface area contributed by atoms with Crippen LogP contribution in [0.15, 0.2) is 42.7 Å². The van der Waals surface area contributed by atoms with Gasteiger partial charge in [-0.15, -0.1) is 0 Å². The average Bonchev–Trinajstić information content (AvgIpc) is 3.33. The summed E-state index contributed by atoms with van der Waals surface area (Å²) in [6.07, 6.45) is 2.30. The maximum Gasteiger partial charge on any atom is 0.416 e. The molecule has 1 unspecified atom stereocenters. The number of ether oxygens (including phenoxy) is 1. The van der Waals surface area contributed by atoms with Gasteiger partial charge in [0.2, 0.25) is 0 Å². The van der Waals surface area contributed by atoms with Gasteiger partial charge in [0.05, 0.1) is 27.6 Å². The first-order chi connectivity index (χ1) is 16.4. The van der Waals surface area contributed by atoms with Gasteiger partial charge in [-0.2, -0.15) is 9.61 Å². The van der Waals surface area contributed by atoms with E-state index >= 15 is 0 Å². The van der Waals surface area contributed by atoms with Crippen molar-refractivity contribution in [2.45, 2.75) is 52.9 Å². The van der Waals surface area contributed by atoms with Crippen molar-refractivity contribution in [3.05, 3.63) is 63.2 Å². The highest BCUT2D eigenvalue weighted by Gasteiger charge is 2.28. The van der Waals surface area contributed by atoms with Crippen molar-refractivity contribution in [2.75, 3.05) is 4.90 Å². The number of hydrogen-bond acceptors (Lipinski definition) is 6. The number of nitrogens with zero attached hydrogens (tertiary/aromatic N) is 6. The fraction of sp³-hybridized carbons (Fsp3) is 0.360. The van der Waals surface area contributed by atoms with Crippen LogP contribution in [-0.2, 0) is 18.3 Å². The number of rotatable bonds is 5. The topological polar surface area (TPSA) is 97.8 Å². The fourth-order valence-corrected chi connectivity index (χ4v) is 4.15. The first-order valence-corrected chi connectivity index (χ1v) is 12.3. The molecule has 1 amide bonds. The van der Waals surface area contributed by atoms with Crippen LogP contribution in [0.5, 0.6) is 0 Å². The zero-order chi connectivity index (χ0) is 25.5. The minimum Gasteiger partial charge on any atom is -0.443 e. The van der Waals surface area contributed by atoms with Gasteiger partial charge in [0.1, 0.15) is 17.2 Å². The Balaban J connectivity index is 1.85. The van der Waals surface area contributed by atoms with E-state index in [0.717, 1.165) is 26.2 Å². The molecule has 1 N–H and O–H groups in total. The van der Waals surface area contributed by atoms with Crippen molar-refractivity contribution < 1.29 is 14.6 Å². The molecule has 0 bridgehead atoms. The van der Waals surface area contributed by atoms with Gasteiger partial charge in [0.25, 0.3) is 0 Å². The van der Waals surface area contributed by atoms with E-state index in [0.29, 0.717) is 17.2 Å². The number of amides is 1. The quantitative estimate of drug-likeness (QED) is 0.329. The molecule has 0 aliphatic carbocycles. The highest BCUT2D eigenvalue weighted by atomic mass is 127. The van der Waals surface area contributed by atoms with Crippen LogP contribution in [0.25, 0.3) is 17.0 Å². The van der Waals surface area contributed by atoms with Gasteiger partial charge in [0.15, 0.2) is 5.65 Å². The number of halogens is 1. The molecule has 184 valence electrons. The number of aromatic nitrogens is 5. The normalized spacial score (nSPS) is 12.7. The highest BCUT2D eigenvalue weighted by molar-refractivity contribution is 14.1. The van der Waals surface area contributed by atoms with Crippen LogP contribution in [0.2, 0.25) is 0 Å². The third kappa shape index (κ3) is 5.32. The average molecular weight is 588 g/mol. The number of aryl methyl sites for hydroxylation is 2. The number of aliphatic hydroxyl groups excluding tert-OH is 1. The Morgan fingerprint density at radius 2 is 2.03 bits per heavy atom. The molecule has 1 aromatic carbocycles. The summed E-state index contributed by atoms with van der Waals surface area (Å²) in [4.78, 5) is 24.1. The van der Waals surface area contributed by atoms with Crippen molar-refractivity contribution in [3.8, 4) is 11.4 Å². The Morgan fingerprint density at radius 3 is 2.66 bits per heavy atom. The van der Waals surface area contributed by atoms with Crippen LogP contribution in [0.3, 0.4) is 0 Å². The lowest BCUT2D eigenvalue weighted by Crippen LogP contribution is -2.37. The van der Waals surface area contributed by atoms with E-state index < -0.39 is 17.8 Å². The molecule has 4 rings (SSSR count). The third-order valence-electron chi connectivity index (χ3n) is 5.36. The molecule has 0 saturated heterocycles. The Morgan fingerprint density at radius 1 is 1.29 bits per heavy atom. The summed E-state index contributed by atoms with van der Waals surface area (Å²) in [5.74, 6) is 1.30. The second kappa shape index (κ2) is 9.57. The van der Waals surface area contributed by atoms with Crippen LogP contribution >= 0.6 is 22.6 Å². The van der Waals surface area contributed by atoms with Gasteiger partial charge in [0, 0.05) is 31.1 Å². The van der Waals surface area contributed by atoms with Gasteiger partial charge < -0.3 is 14.4 Å². The van der Waals surface area contributed by atoms with Crippen molar-refractivity contribution in [1.29, 1.82) is 0 Å². The summed E-state index contributed by atoms with van der Waals surface area (Å²) >= 11 is 2.18. The van der Waals surface area contributed by atoms with E-state index in [-0.39, 0.29) is 6.54 Å². The molecule has 35 heavy (non-hydrogen) atoms. The Labute approximate surface area is 217 Å². The molecule has 0 fully saturated rings. The largest absolute Gasteiger partial charge is 0.443 e. The summed E-state index contributed by atoms with van der Waals surface area (Å²) < 4.78 is 10.2. The lowest BCUT2D eigenvalue weighted by Gasteiger charge is -2.28. The molecule has 0 radical (unpaired) electrons. The third-order valence-corrected chi connectivity index (χ3v) is 6.62. The van der Waals surface area contributed by atoms with Gasteiger partial charge in [-0.1, -0.05) is 18.2 Å². The summed E-state index contributed by atoms with van der Waals surface area (Å²) in [6.45, 7) is 9.24. The van der Waals surface area contributed by atoms with Crippen molar-refractivity contribution in [3.63, 3.8) is 0 Å². The van der Waals surface area contributed by atoms with E-state index in [1.54, 1.807) is 23.7 Å². The van der Waals surface area contributed by atoms with Gasteiger partial charge in [-0.05, 0) is 68.8 Å². The van der Waals surface area contributed by atoms with Gasteiger partial charge in [-0.3, -0.25) is 4.90 Å². The van der Waals surface area contributed by atoms with E-state index in [4.69, 9.17) is 4.74 Å².